The second-order valence-electron chi connectivity index (χ2n) is 5.25. The van der Waals surface area contributed by atoms with Crippen molar-refractivity contribution in [3.05, 3.63) is 54.1 Å². The average molecular weight is 253 g/mol. The molecule has 1 nitrogen and oxygen atoms in total. The van der Waals surface area contributed by atoms with Crippen LogP contribution in [-0.4, -0.2) is 14.1 Å². The first-order chi connectivity index (χ1) is 9.20. The van der Waals surface area contributed by atoms with Crippen molar-refractivity contribution in [2.75, 3.05) is 19.0 Å². The highest BCUT2D eigenvalue weighted by Crippen LogP contribution is 2.25. The van der Waals surface area contributed by atoms with Gasteiger partial charge in [-0.3, -0.25) is 0 Å². The Bertz CT molecular complexity index is 529. The Hall–Kier alpha value is -1.76. The standard InChI is InChI=1S/C18H23N/c1-4-5-8-15-9-6-10-16(13-15)17-11-7-12-18(14-17)19(2)3/h6-7,9-14H,4-5,8H2,1-3H3. The summed E-state index contributed by atoms with van der Waals surface area (Å²) in [6.45, 7) is 2.24. The lowest BCUT2D eigenvalue weighted by atomic mass is 10.00. The molecular formula is C18H23N. The number of anilines is 1. The number of rotatable bonds is 5. The van der Waals surface area contributed by atoms with Crippen molar-refractivity contribution in [1.82, 2.24) is 0 Å². The van der Waals surface area contributed by atoms with E-state index in [1.165, 1.54) is 41.6 Å². The smallest absolute Gasteiger partial charge is 0.0367 e. The van der Waals surface area contributed by atoms with E-state index < -0.39 is 0 Å². The van der Waals surface area contributed by atoms with Gasteiger partial charge >= 0.3 is 0 Å². The lowest BCUT2D eigenvalue weighted by molar-refractivity contribution is 0.795. The molecule has 0 fully saturated rings. The van der Waals surface area contributed by atoms with Crippen molar-refractivity contribution in [2.45, 2.75) is 26.2 Å². The molecule has 0 N–H and O–H groups in total. The first-order valence-corrected chi connectivity index (χ1v) is 7.07. The summed E-state index contributed by atoms with van der Waals surface area (Å²) in [5, 5.41) is 0. The van der Waals surface area contributed by atoms with Crippen molar-refractivity contribution < 1.29 is 0 Å². The van der Waals surface area contributed by atoms with Crippen molar-refractivity contribution in [1.29, 1.82) is 0 Å². The number of hydrogen-bond acceptors (Lipinski definition) is 1. The SMILES string of the molecule is CCCCc1cccc(-c2cccc(N(C)C)c2)c1. The summed E-state index contributed by atoms with van der Waals surface area (Å²) in [6.07, 6.45) is 3.69. The fraction of sp³-hybridized carbons (Fsp3) is 0.333. The Kier molecular flexibility index (Phi) is 4.62. The number of aryl methyl sites for hydroxylation is 1. The number of unbranched alkanes of at least 4 members (excludes halogenated alkanes) is 1. The highest BCUT2D eigenvalue weighted by molar-refractivity contribution is 5.68. The minimum Gasteiger partial charge on any atom is -0.378 e. The van der Waals surface area contributed by atoms with Crippen LogP contribution in [-0.2, 0) is 6.42 Å². The first-order valence-electron chi connectivity index (χ1n) is 7.07. The highest BCUT2D eigenvalue weighted by atomic mass is 15.1. The first kappa shape index (κ1) is 13.7. The average Bonchev–Trinajstić information content (AvgIpc) is 2.45. The molecule has 0 radical (unpaired) electrons. The molecule has 0 aliphatic carbocycles. The van der Waals surface area contributed by atoms with Gasteiger partial charge in [-0.2, -0.15) is 0 Å². The zero-order chi connectivity index (χ0) is 13.7. The van der Waals surface area contributed by atoms with Crippen molar-refractivity contribution in [3.63, 3.8) is 0 Å². The molecule has 0 heterocycles. The molecule has 2 aromatic carbocycles. The number of benzene rings is 2. The van der Waals surface area contributed by atoms with Crippen LogP contribution in [0.1, 0.15) is 25.3 Å². The van der Waals surface area contributed by atoms with E-state index in [1.54, 1.807) is 0 Å². The van der Waals surface area contributed by atoms with E-state index in [0.717, 1.165) is 0 Å². The Balaban J connectivity index is 2.28. The minimum atomic E-state index is 1.18. The van der Waals surface area contributed by atoms with Gasteiger partial charge in [-0.05, 0) is 41.7 Å². The van der Waals surface area contributed by atoms with Crippen LogP contribution >= 0.6 is 0 Å². The van der Waals surface area contributed by atoms with Gasteiger partial charge in [-0.1, -0.05) is 49.7 Å². The lowest BCUT2D eigenvalue weighted by Crippen LogP contribution is -2.08. The fourth-order valence-electron chi connectivity index (χ4n) is 2.25. The van der Waals surface area contributed by atoms with Gasteiger partial charge in [0, 0.05) is 19.8 Å². The summed E-state index contributed by atoms with van der Waals surface area (Å²) in [5.74, 6) is 0. The van der Waals surface area contributed by atoms with Gasteiger partial charge in [-0.25, -0.2) is 0 Å². The Morgan fingerprint density at radius 1 is 0.895 bits per heavy atom. The van der Waals surface area contributed by atoms with Gasteiger partial charge in [0.2, 0.25) is 0 Å². The predicted octanol–water partition coefficient (Wildman–Crippen LogP) is 4.76. The molecule has 0 aliphatic rings. The number of hydrogen-bond donors (Lipinski definition) is 0. The van der Waals surface area contributed by atoms with Gasteiger partial charge in [0.25, 0.3) is 0 Å². The summed E-state index contributed by atoms with van der Waals surface area (Å²) >= 11 is 0. The van der Waals surface area contributed by atoms with E-state index in [-0.39, 0.29) is 0 Å². The summed E-state index contributed by atoms with van der Waals surface area (Å²) in [6, 6.07) is 17.6. The molecule has 0 unspecified atom stereocenters. The molecule has 0 atom stereocenters. The molecule has 100 valence electrons. The molecule has 0 aliphatic heterocycles. The minimum absolute atomic E-state index is 1.18. The van der Waals surface area contributed by atoms with Crippen LogP contribution in [0.2, 0.25) is 0 Å². The van der Waals surface area contributed by atoms with Crippen molar-refractivity contribution in [2.24, 2.45) is 0 Å². The largest absolute Gasteiger partial charge is 0.378 e. The maximum atomic E-state index is 2.32. The molecule has 0 saturated heterocycles. The van der Waals surface area contributed by atoms with E-state index in [2.05, 4.69) is 74.4 Å². The van der Waals surface area contributed by atoms with Crippen LogP contribution in [0.4, 0.5) is 5.69 Å². The molecular weight excluding hydrogens is 230 g/mol. The van der Waals surface area contributed by atoms with Crippen LogP contribution in [0, 0.1) is 0 Å². The third-order valence-corrected chi connectivity index (χ3v) is 3.44. The molecule has 0 spiro atoms. The highest BCUT2D eigenvalue weighted by Gasteiger charge is 2.02. The molecule has 0 aromatic heterocycles. The molecule has 0 saturated carbocycles. The second kappa shape index (κ2) is 6.42. The number of nitrogens with zero attached hydrogens (tertiary/aromatic N) is 1. The molecule has 2 aromatic rings. The van der Waals surface area contributed by atoms with Crippen molar-refractivity contribution >= 4 is 5.69 Å². The molecule has 0 bridgehead atoms. The summed E-state index contributed by atoms with van der Waals surface area (Å²) < 4.78 is 0. The predicted molar refractivity (Wildman–Crippen MR) is 84.8 cm³/mol. The van der Waals surface area contributed by atoms with Gasteiger partial charge < -0.3 is 4.90 Å². The summed E-state index contributed by atoms with van der Waals surface area (Å²) in [4.78, 5) is 2.14. The van der Waals surface area contributed by atoms with Crippen LogP contribution in [0.15, 0.2) is 48.5 Å². The monoisotopic (exact) mass is 253 g/mol. The van der Waals surface area contributed by atoms with Crippen LogP contribution in [0.3, 0.4) is 0 Å². The fourth-order valence-corrected chi connectivity index (χ4v) is 2.25. The molecule has 0 amide bonds. The zero-order valence-corrected chi connectivity index (χ0v) is 12.2. The molecule has 2 rings (SSSR count). The van der Waals surface area contributed by atoms with Crippen molar-refractivity contribution in [3.8, 4) is 11.1 Å². The van der Waals surface area contributed by atoms with Gasteiger partial charge in [0.15, 0.2) is 0 Å². The Morgan fingerprint density at radius 2 is 1.58 bits per heavy atom. The summed E-state index contributed by atoms with van der Waals surface area (Å²) in [7, 11) is 4.16. The van der Waals surface area contributed by atoms with E-state index in [9.17, 15) is 0 Å². The molecule has 1 heteroatoms. The van der Waals surface area contributed by atoms with E-state index in [1.807, 2.05) is 0 Å². The maximum absolute atomic E-state index is 2.32. The molecule has 19 heavy (non-hydrogen) atoms. The maximum Gasteiger partial charge on any atom is 0.0367 e. The normalized spacial score (nSPS) is 10.5. The lowest BCUT2D eigenvalue weighted by Gasteiger charge is -2.14. The quantitative estimate of drug-likeness (QED) is 0.742. The zero-order valence-electron chi connectivity index (χ0n) is 12.2. The van der Waals surface area contributed by atoms with Crippen LogP contribution < -0.4 is 4.90 Å². The Labute approximate surface area is 116 Å². The van der Waals surface area contributed by atoms with E-state index in [4.69, 9.17) is 0 Å². The van der Waals surface area contributed by atoms with Crippen LogP contribution in [0.5, 0.6) is 0 Å². The summed E-state index contributed by atoms with van der Waals surface area (Å²) in [5.41, 5.74) is 5.30. The van der Waals surface area contributed by atoms with Gasteiger partial charge in [-0.15, -0.1) is 0 Å². The van der Waals surface area contributed by atoms with E-state index in [0.29, 0.717) is 0 Å². The van der Waals surface area contributed by atoms with Gasteiger partial charge in [0.1, 0.15) is 0 Å². The third kappa shape index (κ3) is 3.60. The van der Waals surface area contributed by atoms with E-state index >= 15 is 0 Å². The van der Waals surface area contributed by atoms with Gasteiger partial charge in [0.05, 0.1) is 0 Å². The Morgan fingerprint density at radius 3 is 2.26 bits per heavy atom. The topological polar surface area (TPSA) is 3.24 Å². The second-order valence-corrected chi connectivity index (χ2v) is 5.25. The van der Waals surface area contributed by atoms with Crippen LogP contribution in [0.25, 0.3) is 11.1 Å². The third-order valence-electron chi connectivity index (χ3n) is 3.44.